The van der Waals surface area contributed by atoms with E-state index in [1.807, 2.05) is 45.5 Å². The number of aromatic hydroxyl groups is 1. The number of carbonyl (C=O) groups is 1. The predicted octanol–water partition coefficient (Wildman–Crippen LogP) is 3.24. The molecular formula is C12H13I2NO3S. The molecule has 1 atom stereocenters. The van der Waals surface area contributed by atoms with E-state index in [-0.39, 0.29) is 11.7 Å². The molecule has 7 heteroatoms. The van der Waals surface area contributed by atoms with Gasteiger partial charge in [0.15, 0.2) is 0 Å². The van der Waals surface area contributed by atoms with Crippen molar-refractivity contribution >= 4 is 68.6 Å². The lowest BCUT2D eigenvalue weighted by molar-refractivity contribution is -0.144. The number of hydrogen-bond acceptors (Lipinski definition) is 4. The van der Waals surface area contributed by atoms with Crippen molar-refractivity contribution in [2.24, 2.45) is 0 Å². The third-order valence-electron chi connectivity index (χ3n) is 2.46. The first-order valence-electron chi connectivity index (χ1n) is 5.33. The second-order valence-electron chi connectivity index (χ2n) is 3.89. The van der Waals surface area contributed by atoms with Crippen LogP contribution in [0.25, 0.3) is 0 Å². The first-order chi connectivity index (χ1) is 8.81. The van der Waals surface area contributed by atoms with Crippen molar-refractivity contribution in [3.8, 4) is 5.75 Å². The summed E-state index contributed by atoms with van der Waals surface area (Å²) in [5, 5.41) is 9.28. The van der Waals surface area contributed by atoms with E-state index in [9.17, 15) is 9.90 Å². The molecule has 0 heterocycles. The van der Waals surface area contributed by atoms with E-state index >= 15 is 0 Å². The normalized spacial score (nSPS) is 13.5. The lowest BCUT2D eigenvalue weighted by Crippen LogP contribution is -2.48. The zero-order chi connectivity index (χ0) is 14.6. The Hall–Kier alpha value is -0.160. The Bertz CT molecular complexity index is 480. The van der Waals surface area contributed by atoms with Crippen LogP contribution in [-0.2, 0) is 16.0 Å². The minimum atomic E-state index is -0.907. The van der Waals surface area contributed by atoms with Crippen LogP contribution < -0.4 is 0 Å². The Morgan fingerprint density at radius 1 is 1.47 bits per heavy atom. The molecule has 1 N–H and O–H groups in total. The number of benzene rings is 1. The van der Waals surface area contributed by atoms with Gasteiger partial charge in [0, 0.05) is 6.42 Å². The summed E-state index contributed by atoms with van der Waals surface area (Å²) in [6, 6.07) is 6.72. The molecule has 0 aliphatic rings. The summed E-state index contributed by atoms with van der Waals surface area (Å²) in [6.07, 6.45) is 0.428. The van der Waals surface area contributed by atoms with Gasteiger partial charge >= 0.3 is 5.97 Å². The Labute approximate surface area is 145 Å². The lowest BCUT2D eigenvalue weighted by Gasteiger charge is -2.33. The Kier molecular flexibility index (Phi) is 6.24. The third kappa shape index (κ3) is 4.15. The average molecular weight is 505 g/mol. The van der Waals surface area contributed by atoms with Crippen LogP contribution in [0.1, 0.15) is 12.5 Å². The lowest BCUT2D eigenvalue weighted by atomic mass is 10.1. The molecule has 4 nitrogen and oxygen atoms in total. The summed E-state index contributed by atoms with van der Waals surface area (Å²) < 4.78 is 5.67. The minimum absolute atomic E-state index is 0.193. The monoisotopic (exact) mass is 505 g/mol. The smallest absolute Gasteiger partial charge is 0.343 e. The van der Waals surface area contributed by atoms with E-state index in [0.717, 1.165) is 5.56 Å². The highest BCUT2D eigenvalue weighted by molar-refractivity contribution is 14.1. The number of ether oxygens (including phenoxy) is 1. The first-order valence-corrected chi connectivity index (χ1v) is 7.78. The van der Waals surface area contributed by atoms with E-state index in [1.165, 1.54) is 7.11 Å². The molecule has 0 bridgehead atoms. The van der Waals surface area contributed by atoms with E-state index < -0.39 is 3.55 Å². The van der Waals surface area contributed by atoms with Crippen LogP contribution in [0.2, 0.25) is 0 Å². The second-order valence-corrected chi connectivity index (χ2v) is 7.23. The molecule has 0 amide bonds. The molecule has 0 saturated heterocycles. The molecule has 19 heavy (non-hydrogen) atoms. The number of halogens is 2. The number of esters is 1. The summed E-state index contributed by atoms with van der Waals surface area (Å²) in [6.45, 7) is 1.76. The number of nitrogens with zero attached hydrogens (tertiary/aromatic N) is 1. The van der Waals surface area contributed by atoms with Crippen molar-refractivity contribution in [1.29, 1.82) is 0 Å². The van der Waals surface area contributed by atoms with Crippen LogP contribution in [0, 0.1) is 0 Å². The van der Waals surface area contributed by atoms with Gasteiger partial charge in [0.1, 0.15) is 5.75 Å². The maximum absolute atomic E-state index is 12.1. The molecular weight excluding hydrogens is 492 g/mol. The standard InChI is InChI=1S/C12H13I2NO3S/c1-8(19)15(14)12(13,11(17)18-2)7-9-3-5-10(16)6-4-9/h3-6,16H,7H2,1-2H3/t12-/m0/s1. The number of rotatable bonds is 4. The van der Waals surface area contributed by atoms with Crippen molar-refractivity contribution in [2.75, 3.05) is 7.11 Å². The number of phenols is 1. The molecule has 0 fully saturated rings. The summed E-state index contributed by atoms with van der Waals surface area (Å²) >= 11 is 9.20. The highest BCUT2D eigenvalue weighted by Crippen LogP contribution is 2.34. The molecule has 0 aromatic heterocycles. The van der Waals surface area contributed by atoms with Crippen LogP contribution in [0.15, 0.2) is 24.3 Å². The zero-order valence-electron chi connectivity index (χ0n) is 10.4. The van der Waals surface area contributed by atoms with Gasteiger partial charge in [-0.1, -0.05) is 24.4 Å². The predicted molar refractivity (Wildman–Crippen MR) is 94.7 cm³/mol. The topological polar surface area (TPSA) is 49.8 Å². The fourth-order valence-electron chi connectivity index (χ4n) is 1.51. The van der Waals surface area contributed by atoms with Gasteiger partial charge in [0.05, 0.1) is 35.0 Å². The van der Waals surface area contributed by atoms with Crippen LogP contribution >= 0.6 is 57.7 Å². The SMILES string of the molecule is COC(=O)[C@](I)(Cc1ccc(O)cc1)N(I)C(C)=S. The van der Waals surface area contributed by atoms with Gasteiger partial charge in [-0.3, -0.25) is 3.11 Å². The van der Waals surface area contributed by atoms with E-state index in [0.29, 0.717) is 11.4 Å². The molecule has 1 aromatic rings. The highest BCUT2D eigenvalue weighted by Gasteiger charge is 2.42. The molecule has 0 radical (unpaired) electrons. The Morgan fingerprint density at radius 2 is 2.00 bits per heavy atom. The maximum atomic E-state index is 12.1. The van der Waals surface area contributed by atoms with Crippen LogP contribution in [0.3, 0.4) is 0 Å². The Balaban J connectivity index is 3.07. The van der Waals surface area contributed by atoms with Crippen LogP contribution in [0.4, 0.5) is 0 Å². The number of alkyl halides is 1. The number of carbonyl (C=O) groups excluding carboxylic acids is 1. The molecule has 0 aliphatic carbocycles. The fraction of sp³-hybridized carbons (Fsp3) is 0.333. The quantitative estimate of drug-likeness (QED) is 0.170. The molecule has 0 aliphatic heterocycles. The number of methoxy groups -OCH3 is 1. The van der Waals surface area contributed by atoms with Crippen molar-refractivity contribution in [2.45, 2.75) is 16.9 Å². The molecule has 0 unspecified atom stereocenters. The van der Waals surface area contributed by atoms with Gasteiger partial charge in [-0.15, -0.1) is 0 Å². The molecule has 1 aromatic carbocycles. The van der Waals surface area contributed by atoms with Crippen LogP contribution in [-0.4, -0.2) is 29.8 Å². The second kappa shape index (κ2) is 7.02. The first kappa shape index (κ1) is 16.9. The molecule has 0 spiro atoms. The van der Waals surface area contributed by atoms with Crippen molar-refractivity contribution in [3.05, 3.63) is 29.8 Å². The zero-order valence-corrected chi connectivity index (χ0v) is 15.5. The van der Waals surface area contributed by atoms with Gasteiger partial charge in [-0.25, -0.2) is 4.79 Å². The van der Waals surface area contributed by atoms with Gasteiger partial charge in [0.25, 0.3) is 0 Å². The van der Waals surface area contributed by atoms with E-state index in [4.69, 9.17) is 17.0 Å². The maximum Gasteiger partial charge on any atom is 0.343 e. The minimum Gasteiger partial charge on any atom is -0.508 e. The fourth-order valence-corrected chi connectivity index (χ4v) is 3.22. The van der Waals surface area contributed by atoms with Crippen LogP contribution in [0.5, 0.6) is 5.75 Å². The van der Waals surface area contributed by atoms with Gasteiger partial charge in [0.2, 0.25) is 3.55 Å². The average Bonchev–Trinajstić information content (AvgIpc) is 2.39. The molecule has 0 saturated carbocycles. The van der Waals surface area contributed by atoms with Gasteiger partial charge in [-0.2, -0.15) is 0 Å². The number of thiocarbonyl (C=S) groups is 1. The van der Waals surface area contributed by atoms with E-state index in [1.54, 1.807) is 34.3 Å². The third-order valence-corrected chi connectivity index (χ3v) is 6.75. The summed E-state index contributed by atoms with van der Waals surface area (Å²) in [5.41, 5.74) is 0.913. The summed E-state index contributed by atoms with van der Waals surface area (Å²) in [4.78, 5) is 12.7. The summed E-state index contributed by atoms with van der Waals surface area (Å²) in [7, 11) is 1.36. The highest BCUT2D eigenvalue weighted by atomic mass is 127. The molecule has 104 valence electrons. The largest absolute Gasteiger partial charge is 0.508 e. The number of phenolic OH excluding ortho intramolecular Hbond substituents is 1. The van der Waals surface area contributed by atoms with Gasteiger partial charge in [-0.05, 0) is 47.2 Å². The summed E-state index contributed by atoms with van der Waals surface area (Å²) in [5.74, 6) is -0.169. The van der Waals surface area contributed by atoms with Crippen molar-refractivity contribution in [3.63, 3.8) is 0 Å². The number of hydrogen-bond donors (Lipinski definition) is 1. The molecule has 1 rings (SSSR count). The van der Waals surface area contributed by atoms with Crippen molar-refractivity contribution in [1.82, 2.24) is 3.11 Å². The van der Waals surface area contributed by atoms with Crippen molar-refractivity contribution < 1.29 is 14.6 Å². The Morgan fingerprint density at radius 3 is 2.42 bits per heavy atom. The van der Waals surface area contributed by atoms with Gasteiger partial charge < -0.3 is 9.84 Å². The van der Waals surface area contributed by atoms with E-state index in [2.05, 4.69) is 0 Å².